The molecule has 1 aliphatic heterocycles. The Morgan fingerprint density at radius 1 is 0.737 bits per heavy atom. The highest BCUT2D eigenvalue weighted by Gasteiger charge is 2.18. The molecule has 3 aromatic carbocycles. The third kappa shape index (κ3) is 5.90. The van der Waals surface area contributed by atoms with Gasteiger partial charge >= 0.3 is 0 Å². The fraction of sp³-hybridized carbons (Fsp3) is 0.172. The average molecular weight is 575 g/mol. The van der Waals surface area contributed by atoms with Crippen molar-refractivity contribution >= 4 is 55.4 Å². The number of piperazine rings is 1. The molecule has 0 aliphatic carbocycles. The average Bonchev–Trinajstić information content (AvgIpc) is 3.54. The monoisotopic (exact) mass is 574 g/mol. The maximum atomic E-state index is 11.3. The summed E-state index contributed by atoms with van der Waals surface area (Å²) in [5, 5.41) is 1.78. The lowest BCUT2D eigenvalue weighted by atomic mass is 10.1. The Kier molecular flexibility index (Phi) is 7.48. The molecule has 1 fully saturated rings. The summed E-state index contributed by atoms with van der Waals surface area (Å²) in [7, 11) is 0. The minimum atomic E-state index is -0.549. The van der Waals surface area contributed by atoms with Crippen LogP contribution < -0.4 is 16.4 Å². The normalized spacial score (nSPS) is 13.9. The zero-order chi connectivity index (χ0) is 26.6. The van der Waals surface area contributed by atoms with Crippen LogP contribution in [0.1, 0.15) is 26.7 Å². The lowest BCUT2D eigenvalue weighted by Crippen LogP contribution is -2.45. The second-order valence-corrected chi connectivity index (χ2v) is 10.0. The molecule has 0 spiro atoms. The number of carbonyl (C=O) groups is 2. The molecule has 1 aliphatic rings. The van der Waals surface area contributed by atoms with Gasteiger partial charge in [0.1, 0.15) is 11.2 Å². The van der Waals surface area contributed by atoms with Crippen LogP contribution in [-0.2, 0) is 6.54 Å². The number of furan rings is 2. The highest BCUT2D eigenvalue weighted by Crippen LogP contribution is 2.26. The number of hydrogen-bond donors (Lipinski definition) is 2. The molecule has 6 rings (SSSR count). The zero-order valence-corrected chi connectivity index (χ0v) is 22.2. The van der Waals surface area contributed by atoms with Gasteiger partial charge in [-0.25, -0.2) is 0 Å². The Morgan fingerprint density at radius 3 is 1.92 bits per heavy atom. The summed E-state index contributed by atoms with van der Waals surface area (Å²) in [6, 6.07) is 25.4. The largest absolute Gasteiger partial charge is 0.451 e. The summed E-state index contributed by atoms with van der Waals surface area (Å²) in [4.78, 5) is 26.9. The van der Waals surface area contributed by atoms with Crippen LogP contribution in [0.4, 0.5) is 5.69 Å². The minimum absolute atomic E-state index is 0.188. The lowest BCUT2D eigenvalue weighted by molar-refractivity contribution is 0.0968. The molecule has 1 saturated heterocycles. The Morgan fingerprint density at radius 2 is 1.32 bits per heavy atom. The molecule has 38 heavy (non-hydrogen) atoms. The van der Waals surface area contributed by atoms with Crippen LogP contribution in [0.3, 0.4) is 0 Å². The third-order valence-electron chi connectivity index (χ3n) is 6.45. The van der Waals surface area contributed by atoms with Crippen LogP contribution in [0.15, 0.2) is 92.2 Å². The number of hydrogen-bond acceptors (Lipinski definition) is 6. The molecular weight excluding hydrogens is 548 g/mol. The van der Waals surface area contributed by atoms with E-state index in [1.165, 1.54) is 5.56 Å². The molecule has 9 heteroatoms. The summed E-state index contributed by atoms with van der Waals surface area (Å²) < 4.78 is 11.6. The van der Waals surface area contributed by atoms with Crippen molar-refractivity contribution in [2.75, 3.05) is 31.1 Å². The quantitative estimate of drug-likeness (QED) is 0.299. The molecular formula is C29H27BrN4O4. The molecule has 0 atom stereocenters. The van der Waals surface area contributed by atoms with Crippen molar-refractivity contribution in [1.82, 2.24) is 4.90 Å². The van der Waals surface area contributed by atoms with E-state index in [9.17, 15) is 9.59 Å². The van der Waals surface area contributed by atoms with Gasteiger partial charge in [-0.3, -0.25) is 14.5 Å². The molecule has 0 radical (unpaired) electrons. The van der Waals surface area contributed by atoms with Gasteiger partial charge in [0.2, 0.25) is 0 Å². The summed E-state index contributed by atoms with van der Waals surface area (Å²) >= 11 is 3.32. The highest BCUT2D eigenvalue weighted by atomic mass is 79.9. The molecule has 3 heterocycles. The van der Waals surface area contributed by atoms with Gasteiger partial charge in [-0.2, -0.15) is 0 Å². The highest BCUT2D eigenvalue weighted by molar-refractivity contribution is 9.10. The van der Waals surface area contributed by atoms with E-state index in [4.69, 9.17) is 20.3 Å². The van der Waals surface area contributed by atoms with E-state index in [2.05, 4.69) is 62.1 Å². The first kappa shape index (κ1) is 25.6. The number of nitrogens with two attached hydrogens (primary N) is 2. The van der Waals surface area contributed by atoms with E-state index in [-0.39, 0.29) is 11.5 Å². The zero-order valence-electron chi connectivity index (χ0n) is 20.6. The molecule has 0 saturated carbocycles. The van der Waals surface area contributed by atoms with Crippen LogP contribution in [0.5, 0.6) is 0 Å². The van der Waals surface area contributed by atoms with Crippen molar-refractivity contribution in [2.45, 2.75) is 6.54 Å². The van der Waals surface area contributed by atoms with E-state index in [0.717, 1.165) is 53.7 Å². The first-order valence-electron chi connectivity index (χ1n) is 12.2. The lowest BCUT2D eigenvalue weighted by Gasteiger charge is -2.36. The number of anilines is 1. The fourth-order valence-corrected chi connectivity index (χ4v) is 4.87. The number of primary amides is 2. The van der Waals surface area contributed by atoms with Crippen LogP contribution in [0.25, 0.3) is 21.9 Å². The molecule has 8 nitrogen and oxygen atoms in total. The Labute approximate surface area is 227 Å². The number of benzene rings is 3. The Balaban J connectivity index is 0.000000190. The van der Waals surface area contributed by atoms with Crippen molar-refractivity contribution < 1.29 is 18.4 Å². The second-order valence-electron chi connectivity index (χ2n) is 9.10. The molecule has 5 aromatic rings. The van der Waals surface area contributed by atoms with Gasteiger partial charge in [-0.1, -0.05) is 46.3 Å². The smallest absolute Gasteiger partial charge is 0.284 e. The number of nitrogens with zero attached hydrogens (tertiary/aromatic N) is 2. The van der Waals surface area contributed by atoms with Gasteiger partial charge in [-0.15, -0.1) is 0 Å². The standard InChI is InChI=1S/C20H21N3O2.C9H6BrNO2/c21-20(24)19-13-16-12-17(6-7-18(16)25-19)23-10-8-22(9-11-23)14-15-4-2-1-3-5-15;10-6-1-2-7-5(3-6)4-8(13-7)9(11)12/h1-7,12-13H,8-11,14H2,(H2,21,24);1-4H,(H2,11,12). The van der Waals surface area contributed by atoms with Crippen LogP contribution in [0, 0.1) is 0 Å². The van der Waals surface area contributed by atoms with Crippen molar-refractivity contribution in [3.8, 4) is 0 Å². The topological polar surface area (TPSA) is 119 Å². The van der Waals surface area contributed by atoms with E-state index in [1.807, 2.05) is 24.3 Å². The van der Waals surface area contributed by atoms with Crippen molar-refractivity contribution in [2.24, 2.45) is 11.5 Å². The van der Waals surface area contributed by atoms with E-state index in [1.54, 1.807) is 18.2 Å². The Hall–Kier alpha value is -4.08. The summed E-state index contributed by atoms with van der Waals surface area (Å²) in [5.41, 5.74) is 14.2. The molecule has 2 aromatic heterocycles. The molecule has 2 amide bonds. The van der Waals surface area contributed by atoms with Gasteiger partial charge in [0.25, 0.3) is 11.8 Å². The number of carbonyl (C=O) groups excluding carboxylic acids is 2. The fourth-order valence-electron chi connectivity index (χ4n) is 4.49. The number of fused-ring (bicyclic) bond motifs is 2. The SMILES string of the molecule is NC(=O)c1cc2cc(Br)ccc2o1.NC(=O)c1cc2cc(N3CCN(Cc4ccccc4)CC3)ccc2o1. The number of halogens is 1. The van der Waals surface area contributed by atoms with E-state index in [0.29, 0.717) is 11.2 Å². The van der Waals surface area contributed by atoms with Crippen molar-refractivity contribution in [3.63, 3.8) is 0 Å². The van der Waals surface area contributed by atoms with Gasteiger partial charge in [0.15, 0.2) is 11.5 Å². The molecule has 0 bridgehead atoms. The minimum Gasteiger partial charge on any atom is -0.451 e. The summed E-state index contributed by atoms with van der Waals surface area (Å²) in [5.74, 6) is -0.687. The first-order valence-corrected chi connectivity index (χ1v) is 13.0. The molecule has 0 unspecified atom stereocenters. The van der Waals surface area contributed by atoms with Gasteiger partial charge < -0.3 is 25.2 Å². The second kappa shape index (κ2) is 11.1. The van der Waals surface area contributed by atoms with Crippen LogP contribution >= 0.6 is 15.9 Å². The van der Waals surface area contributed by atoms with Gasteiger partial charge in [0.05, 0.1) is 0 Å². The van der Waals surface area contributed by atoms with Gasteiger partial charge in [0, 0.05) is 53.7 Å². The van der Waals surface area contributed by atoms with E-state index < -0.39 is 11.8 Å². The first-order chi connectivity index (χ1) is 18.4. The Bertz CT molecular complexity index is 1590. The van der Waals surface area contributed by atoms with Crippen LogP contribution in [0.2, 0.25) is 0 Å². The summed E-state index contributed by atoms with van der Waals surface area (Å²) in [6.07, 6.45) is 0. The maximum absolute atomic E-state index is 11.3. The maximum Gasteiger partial charge on any atom is 0.284 e. The van der Waals surface area contributed by atoms with Gasteiger partial charge in [-0.05, 0) is 54.1 Å². The predicted molar refractivity (Wildman–Crippen MR) is 151 cm³/mol. The van der Waals surface area contributed by atoms with Crippen LogP contribution in [-0.4, -0.2) is 42.9 Å². The predicted octanol–water partition coefficient (Wildman–Crippen LogP) is 5.15. The number of rotatable bonds is 5. The number of amides is 2. The molecule has 4 N–H and O–H groups in total. The van der Waals surface area contributed by atoms with Crippen molar-refractivity contribution in [3.05, 3.63) is 100 Å². The molecule has 194 valence electrons. The third-order valence-corrected chi connectivity index (χ3v) is 6.94. The van der Waals surface area contributed by atoms with Crippen molar-refractivity contribution in [1.29, 1.82) is 0 Å². The summed E-state index contributed by atoms with van der Waals surface area (Å²) in [6.45, 7) is 5.03. The van der Waals surface area contributed by atoms with E-state index >= 15 is 0 Å².